The third kappa shape index (κ3) is 2.91. The smallest absolute Gasteiger partial charge is 0.200 e. The number of nitrogens with one attached hydrogen (secondary N) is 1. The van der Waals surface area contributed by atoms with Crippen molar-refractivity contribution in [2.24, 2.45) is 0 Å². The zero-order valence-corrected chi connectivity index (χ0v) is 14.6. The summed E-state index contributed by atoms with van der Waals surface area (Å²) in [6, 6.07) is 8.66. The molecular formula is C17H19N3S2. The lowest BCUT2D eigenvalue weighted by atomic mass is 10.1. The van der Waals surface area contributed by atoms with E-state index >= 15 is 0 Å². The summed E-state index contributed by atoms with van der Waals surface area (Å²) < 4.78 is 2.65. The standard InChI is InChI=1S/C17H19N3S2/c1-4-5-15-9-13(10-22-15)16-18-19-17(21)20(16)14-7-11(2)6-12(3)8-14/h6-10H,4-5H2,1-3H3,(H,19,21). The van der Waals surface area contributed by atoms with E-state index in [4.69, 9.17) is 12.2 Å². The Bertz CT molecular complexity index is 835. The summed E-state index contributed by atoms with van der Waals surface area (Å²) in [5, 5.41) is 9.54. The molecule has 5 heteroatoms. The van der Waals surface area contributed by atoms with Gasteiger partial charge in [0, 0.05) is 15.8 Å². The highest BCUT2D eigenvalue weighted by Crippen LogP contribution is 2.27. The Kier molecular flexibility index (Phi) is 4.27. The molecule has 2 aromatic heterocycles. The second-order valence-electron chi connectivity index (χ2n) is 5.59. The highest BCUT2D eigenvalue weighted by Gasteiger charge is 2.13. The number of hydrogen-bond acceptors (Lipinski definition) is 3. The van der Waals surface area contributed by atoms with Crippen LogP contribution in [-0.4, -0.2) is 14.8 Å². The number of aromatic amines is 1. The van der Waals surface area contributed by atoms with E-state index in [1.807, 2.05) is 4.57 Å². The van der Waals surface area contributed by atoms with Crippen LogP contribution in [0.5, 0.6) is 0 Å². The van der Waals surface area contributed by atoms with E-state index in [9.17, 15) is 0 Å². The van der Waals surface area contributed by atoms with Crippen LogP contribution in [0.25, 0.3) is 17.1 Å². The molecule has 2 heterocycles. The molecule has 0 atom stereocenters. The Labute approximate surface area is 139 Å². The fourth-order valence-corrected chi connectivity index (χ4v) is 3.89. The highest BCUT2D eigenvalue weighted by atomic mass is 32.1. The van der Waals surface area contributed by atoms with E-state index in [1.54, 1.807) is 11.3 Å². The van der Waals surface area contributed by atoms with Crippen molar-refractivity contribution in [3.05, 3.63) is 50.4 Å². The van der Waals surface area contributed by atoms with Crippen LogP contribution in [0.3, 0.4) is 0 Å². The molecule has 0 fully saturated rings. The maximum atomic E-state index is 5.45. The summed E-state index contributed by atoms with van der Waals surface area (Å²) in [5.74, 6) is 0.883. The van der Waals surface area contributed by atoms with Gasteiger partial charge in [0.2, 0.25) is 0 Å². The monoisotopic (exact) mass is 329 g/mol. The predicted molar refractivity (Wildman–Crippen MR) is 95.5 cm³/mol. The fraction of sp³-hybridized carbons (Fsp3) is 0.294. The second kappa shape index (κ2) is 6.18. The molecule has 0 saturated heterocycles. The van der Waals surface area contributed by atoms with Gasteiger partial charge in [0.25, 0.3) is 0 Å². The van der Waals surface area contributed by atoms with E-state index in [0.29, 0.717) is 4.77 Å². The molecule has 114 valence electrons. The molecule has 0 radical (unpaired) electrons. The Balaban J connectivity index is 2.12. The summed E-state index contributed by atoms with van der Waals surface area (Å²) in [5.41, 5.74) is 4.64. The van der Waals surface area contributed by atoms with Crippen LogP contribution in [0, 0.1) is 18.6 Å². The van der Waals surface area contributed by atoms with Gasteiger partial charge in [-0.1, -0.05) is 19.4 Å². The average molecular weight is 329 g/mol. The number of thiophene rings is 1. The molecule has 0 amide bonds. The van der Waals surface area contributed by atoms with Crippen molar-refractivity contribution >= 4 is 23.6 Å². The van der Waals surface area contributed by atoms with E-state index in [2.05, 4.69) is 60.6 Å². The minimum absolute atomic E-state index is 0.628. The van der Waals surface area contributed by atoms with Crippen LogP contribution in [0.1, 0.15) is 29.3 Å². The summed E-state index contributed by atoms with van der Waals surface area (Å²) in [6.45, 7) is 6.40. The molecule has 1 N–H and O–H groups in total. The number of benzene rings is 1. The van der Waals surface area contributed by atoms with Crippen LogP contribution in [0.4, 0.5) is 0 Å². The molecule has 0 unspecified atom stereocenters. The molecule has 0 aliphatic heterocycles. The molecule has 0 saturated carbocycles. The first-order valence-corrected chi connectivity index (χ1v) is 8.71. The molecule has 3 nitrogen and oxygen atoms in total. The van der Waals surface area contributed by atoms with Crippen molar-refractivity contribution in [1.82, 2.24) is 14.8 Å². The zero-order chi connectivity index (χ0) is 15.7. The van der Waals surface area contributed by atoms with Gasteiger partial charge in [-0.05, 0) is 61.8 Å². The van der Waals surface area contributed by atoms with E-state index < -0.39 is 0 Å². The Morgan fingerprint density at radius 2 is 1.91 bits per heavy atom. The summed E-state index contributed by atoms with van der Waals surface area (Å²) in [7, 11) is 0. The zero-order valence-electron chi connectivity index (χ0n) is 13.0. The lowest BCUT2D eigenvalue weighted by Gasteiger charge is -2.08. The normalized spacial score (nSPS) is 11.0. The average Bonchev–Trinajstić information content (AvgIpc) is 3.04. The SMILES string of the molecule is CCCc1cc(-c2n[nH]c(=S)n2-c2cc(C)cc(C)c2)cs1. The fourth-order valence-electron chi connectivity index (χ4n) is 2.69. The van der Waals surface area contributed by atoms with Crippen LogP contribution >= 0.6 is 23.6 Å². The van der Waals surface area contributed by atoms with Gasteiger partial charge in [-0.25, -0.2) is 0 Å². The molecule has 0 aliphatic rings. The van der Waals surface area contributed by atoms with Crippen molar-refractivity contribution < 1.29 is 0 Å². The lowest BCUT2D eigenvalue weighted by molar-refractivity contribution is 0.939. The van der Waals surface area contributed by atoms with Gasteiger partial charge in [-0.3, -0.25) is 9.67 Å². The number of nitrogens with zero attached hydrogens (tertiary/aromatic N) is 2. The quantitative estimate of drug-likeness (QED) is 0.665. The molecule has 3 aromatic rings. The van der Waals surface area contributed by atoms with Crippen molar-refractivity contribution in [3.63, 3.8) is 0 Å². The summed E-state index contributed by atoms with van der Waals surface area (Å²) in [4.78, 5) is 1.39. The van der Waals surface area contributed by atoms with E-state index in [-0.39, 0.29) is 0 Å². The van der Waals surface area contributed by atoms with E-state index in [0.717, 1.165) is 29.9 Å². The van der Waals surface area contributed by atoms with Crippen LogP contribution < -0.4 is 0 Å². The molecule has 22 heavy (non-hydrogen) atoms. The molecule has 1 aromatic carbocycles. The highest BCUT2D eigenvalue weighted by molar-refractivity contribution is 7.71. The molecule has 0 bridgehead atoms. The molecule has 0 aliphatic carbocycles. The first-order valence-electron chi connectivity index (χ1n) is 7.42. The maximum absolute atomic E-state index is 5.45. The Morgan fingerprint density at radius 1 is 1.18 bits per heavy atom. The van der Waals surface area contributed by atoms with Crippen molar-refractivity contribution in [1.29, 1.82) is 0 Å². The maximum Gasteiger partial charge on any atom is 0.200 e. The van der Waals surface area contributed by atoms with Crippen LogP contribution in [0.15, 0.2) is 29.6 Å². The number of hydrogen-bond donors (Lipinski definition) is 1. The predicted octanol–water partition coefficient (Wildman–Crippen LogP) is 5.23. The minimum Gasteiger partial charge on any atom is -0.268 e. The largest absolute Gasteiger partial charge is 0.268 e. The van der Waals surface area contributed by atoms with Gasteiger partial charge in [0.15, 0.2) is 10.6 Å². The lowest BCUT2D eigenvalue weighted by Crippen LogP contribution is -1.98. The van der Waals surface area contributed by atoms with Gasteiger partial charge >= 0.3 is 0 Å². The molecule has 3 rings (SSSR count). The van der Waals surface area contributed by atoms with Gasteiger partial charge in [-0.15, -0.1) is 11.3 Å². The van der Waals surface area contributed by atoms with Crippen LogP contribution in [0.2, 0.25) is 0 Å². The second-order valence-corrected chi connectivity index (χ2v) is 6.97. The van der Waals surface area contributed by atoms with Gasteiger partial charge in [0.05, 0.1) is 5.69 Å². The molecular weight excluding hydrogens is 310 g/mol. The van der Waals surface area contributed by atoms with Gasteiger partial charge in [-0.2, -0.15) is 5.10 Å². The third-order valence-corrected chi connectivity index (χ3v) is 4.82. The van der Waals surface area contributed by atoms with Crippen molar-refractivity contribution in [2.45, 2.75) is 33.6 Å². The van der Waals surface area contributed by atoms with Gasteiger partial charge < -0.3 is 0 Å². The van der Waals surface area contributed by atoms with E-state index in [1.165, 1.54) is 16.0 Å². The van der Waals surface area contributed by atoms with Crippen molar-refractivity contribution in [2.75, 3.05) is 0 Å². The minimum atomic E-state index is 0.628. The Hall–Kier alpha value is -1.72. The number of H-pyrrole nitrogens is 1. The number of aryl methyl sites for hydroxylation is 3. The first kappa shape index (κ1) is 15.2. The number of aromatic nitrogens is 3. The van der Waals surface area contributed by atoms with Crippen LogP contribution in [-0.2, 0) is 6.42 Å². The van der Waals surface area contributed by atoms with Crippen molar-refractivity contribution in [3.8, 4) is 17.1 Å². The summed E-state index contributed by atoms with van der Waals surface area (Å²) >= 11 is 7.23. The summed E-state index contributed by atoms with van der Waals surface area (Å²) in [6.07, 6.45) is 2.27. The third-order valence-electron chi connectivity index (χ3n) is 3.55. The molecule has 0 spiro atoms. The topological polar surface area (TPSA) is 33.6 Å². The number of rotatable bonds is 4. The first-order chi connectivity index (χ1) is 10.6. The van der Waals surface area contributed by atoms with Gasteiger partial charge in [0.1, 0.15) is 0 Å². The Morgan fingerprint density at radius 3 is 2.59 bits per heavy atom.